The minimum Gasteiger partial charge on any atom is -0.393 e. The molecule has 1 amide bonds. The SMILES string of the molecule is Cc1cc(C(=O)Nc2ccc(CC(N)=S)cc2)n(C)n1. The van der Waals surface area contributed by atoms with Crippen LogP contribution in [0, 0.1) is 6.92 Å². The Morgan fingerprint density at radius 1 is 1.40 bits per heavy atom. The third-order valence-corrected chi connectivity index (χ3v) is 2.97. The van der Waals surface area contributed by atoms with Crippen LogP contribution in [0.5, 0.6) is 0 Å². The number of anilines is 1. The summed E-state index contributed by atoms with van der Waals surface area (Å²) in [5.74, 6) is -0.185. The molecule has 0 aliphatic heterocycles. The highest BCUT2D eigenvalue weighted by Gasteiger charge is 2.11. The van der Waals surface area contributed by atoms with Gasteiger partial charge in [0.15, 0.2) is 0 Å². The van der Waals surface area contributed by atoms with Crippen molar-refractivity contribution < 1.29 is 4.79 Å². The molecule has 1 heterocycles. The molecule has 104 valence electrons. The molecule has 0 atom stereocenters. The van der Waals surface area contributed by atoms with Crippen molar-refractivity contribution in [2.45, 2.75) is 13.3 Å². The molecular formula is C14H16N4OS. The highest BCUT2D eigenvalue weighted by Crippen LogP contribution is 2.12. The molecule has 5 nitrogen and oxygen atoms in total. The number of hydrogen-bond acceptors (Lipinski definition) is 3. The van der Waals surface area contributed by atoms with E-state index in [1.54, 1.807) is 17.8 Å². The van der Waals surface area contributed by atoms with E-state index in [4.69, 9.17) is 18.0 Å². The summed E-state index contributed by atoms with van der Waals surface area (Å²) in [6, 6.07) is 9.19. The first kappa shape index (κ1) is 14.2. The Kier molecular flexibility index (Phi) is 4.14. The zero-order valence-corrected chi connectivity index (χ0v) is 12.2. The maximum absolute atomic E-state index is 12.1. The van der Waals surface area contributed by atoms with Gasteiger partial charge in [-0.3, -0.25) is 9.48 Å². The zero-order valence-electron chi connectivity index (χ0n) is 11.4. The van der Waals surface area contributed by atoms with Crippen molar-refractivity contribution in [1.29, 1.82) is 0 Å². The van der Waals surface area contributed by atoms with Crippen LogP contribution < -0.4 is 11.1 Å². The molecule has 0 aliphatic rings. The van der Waals surface area contributed by atoms with Crippen LogP contribution in [0.3, 0.4) is 0 Å². The van der Waals surface area contributed by atoms with Gasteiger partial charge in [-0.15, -0.1) is 0 Å². The van der Waals surface area contributed by atoms with Gasteiger partial charge in [0.2, 0.25) is 0 Å². The van der Waals surface area contributed by atoms with Crippen LogP contribution in [-0.4, -0.2) is 20.7 Å². The van der Waals surface area contributed by atoms with E-state index in [1.165, 1.54) is 0 Å². The van der Waals surface area contributed by atoms with Gasteiger partial charge in [0.25, 0.3) is 5.91 Å². The predicted molar refractivity (Wildman–Crippen MR) is 82.8 cm³/mol. The van der Waals surface area contributed by atoms with Crippen LogP contribution >= 0.6 is 12.2 Å². The van der Waals surface area contributed by atoms with Crippen molar-refractivity contribution in [2.75, 3.05) is 5.32 Å². The fraction of sp³-hybridized carbons (Fsp3) is 0.214. The molecule has 3 N–H and O–H groups in total. The monoisotopic (exact) mass is 288 g/mol. The summed E-state index contributed by atoms with van der Waals surface area (Å²) in [6.07, 6.45) is 0.560. The number of thiocarbonyl (C=S) groups is 1. The Morgan fingerprint density at radius 2 is 2.05 bits per heavy atom. The summed E-state index contributed by atoms with van der Waals surface area (Å²) < 4.78 is 1.56. The van der Waals surface area contributed by atoms with E-state index >= 15 is 0 Å². The van der Waals surface area contributed by atoms with Crippen molar-refractivity contribution >= 4 is 28.8 Å². The van der Waals surface area contributed by atoms with Crippen molar-refractivity contribution in [3.05, 3.63) is 47.3 Å². The van der Waals surface area contributed by atoms with Gasteiger partial charge in [0.05, 0.1) is 10.7 Å². The molecule has 1 aromatic heterocycles. The summed E-state index contributed by atoms with van der Waals surface area (Å²) in [5.41, 5.74) is 8.57. The quantitative estimate of drug-likeness (QED) is 0.842. The van der Waals surface area contributed by atoms with Crippen LogP contribution in [0.15, 0.2) is 30.3 Å². The number of benzene rings is 1. The van der Waals surface area contributed by atoms with Gasteiger partial charge >= 0.3 is 0 Å². The fourth-order valence-electron chi connectivity index (χ4n) is 1.93. The minimum atomic E-state index is -0.185. The highest BCUT2D eigenvalue weighted by molar-refractivity contribution is 7.80. The van der Waals surface area contributed by atoms with E-state index in [9.17, 15) is 4.79 Å². The van der Waals surface area contributed by atoms with Crippen LogP contribution in [0.25, 0.3) is 0 Å². The number of carbonyl (C=O) groups excluding carboxylic acids is 1. The Morgan fingerprint density at radius 3 is 2.55 bits per heavy atom. The third-order valence-electron chi connectivity index (χ3n) is 2.82. The topological polar surface area (TPSA) is 72.9 Å². The summed E-state index contributed by atoms with van der Waals surface area (Å²) in [5, 5.41) is 6.98. The number of hydrogen-bond donors (Lipinski definition) is 2. The molecule has 1 aromatic carbocycles. The molecule has 0 saturated heterocycles. The van der Waals surface area contributed by atoms with Crippen LogP contribution in [0.1, 0.15) is 21.7 Å². The third kappa shape index (κ3) is 3.42. The smallest absolute Gasteiger partial charge is 0.273 e. The Balaban J connectivity index is 2.08. The lowest BCUT2D eigenvalue weighted by Crippen LogP contribution is -2.16. The molecule has 0 fully saturated rings. The van der Waals surface area contributed by atoms with Crippen molar-refractivity contribution in [1.82, 2.24) is 9.78 Å². The molecule has 20 heavy (non-hydrogen) atoms. The number of amides is 1. The van der Waals surface area contributed by atoms with Crippen LogP contribution in [-0.2, 0) is 13.5 Å². The molecule has 0 unspecified atom stereocenters. The maximum Gasteiger partial charge on any atom is 0.273 e. The van der Waals surface area contributed by atoms with E-state index < -0.39 is 0 Å². The van der Waals surface area contributed by atoms with Crippen molar-refractivity contribution in [3.8, 4) is 0 Å². The van der Waals surface area contributed by atoms with Gasteiger partial charge in [-0.2, -0.15) is 5.10 Å². The number of carbonyl (C=O) groups is 1. The van der Waals surface area contributed by atoms with E-state index in [1.807, 2.05) is 31.2 Å². The summed E-state index contributed by atoms with van der Waals surface area (Å²) in [7, 11) is 1.74. The Bertz CT molecular complexity index is 646. The van der Waals surface area contributed by atoms with E-state index in [-0.39, 0.29) is 5.91 Å². The molecule has 6 heteroatoms. The first-order valence-electron chi connectivity index (χ1n) is 6.15. The summed E-state index contributed by atoms with van der Waals surface area (Å²) >= 11 is 4.86. The predicted octanol–water partition coefficient (Wildman–Crippen LogP) is 1.81. The minimum absolute atomic E-state index is 0.185. The Labute approximate surface area is 122 Å². The number of nitrogens with two attached hydrogens (primary N) is 1. The average molecular weight is 288 g/mol. The van der Waals surface area contributed by atoms with Crippen LogP contribution in [0.2, 0.25) is 0 Å². The molecule has 0 bridgehead atoms. The second-order valence-electron chi connectivity index (χ2n) is 4.59. The maximum atomic E-state index is 12.1. The second-order valence-corrected chi connectivity index (χ2v) is 5.11. The molecule has 0 saturated carbocycles. The lowest BCUT2D eigenvalue weighted by Gasteiger charge is -2.06. The lowest BCUT2D eigenvalue weighted by molar-refractivity contribution is 0.101. The molecular weight excluding hydrogens is 272 g/mol. The van der Waals surface area contributed by atoms with Crippen molar-refractivity contribution in [2.24, 2.45) is 12.8 Å². The zero-order chi connectivity index (χ0) is 14.7. The normalized spacial score (nSPS) is 10.3. The standard InChI is InChI=1S/C14H16N4OS/c1-9-7-12(18(2)17-9)14(19)16-11-5-3-10(4-6-11)8-13(15)20/h3-7H,8H2,1-2H3,(H2,15,20)(H,16,19). The van der Waals surface area contributed by atoms with E-state index in [2.05, 4.69) is 10.4 Å². The molecule has 2 rings (SSSR count). The fourth-order valence-corrected chi connectivity index (χ4v) is 2.09. The summed E-state index contributed by atoms with van der Waals surface area (Å²) in [4.78, 5) is 12.5. The Hall–Kier alpha value is -2.21. The largest absolute Gasteiger partial charge is 0.393 e. The number of aromatic nitrogens is 2. The van der Waals surface area contributed by atoms with Gasteiger partial charge in [0, 0.05) is 19.2 Å². The number of aryl methyl sites for hydroxylation is 2. The number of nitrogens with zero attached hydrogens (tertiary/aromatic N) is 2. The van der Waals surface area contributed by atoms with Gasteiger partial charge in [-0.1, -0.05) is 24.4 Å². The average Bonchev–Trinajstić information content (AvgIpc) is 2.70. The molecule has 0 aliphatic carbocycles. The summed E-state index contributed by atoms with van der Waals surface area (Å²) in [6.45, 7) is 1.85. The first-order valence-corrected chi connectivity index (χ1v) is 6.56. The van der Waals surface area contributed by atoms with Gasteiger partial charge < -0.3 is 11.1 Å². The van der Waals surface area contributed by atoms with Gasteiger partial charge in [-0.25, -0.2) is 0 Å². The number of rotatable bonds is 4. The van der Waals surface area contributed by atoms with Crippen LogP contribution in [0.4, 0.5) is 5.69 Å². The van der Waals surface area contributed by atoms with Gasteiger partial charge in [-0.05, 0) is 30.7 Å². The molecule has 0 radical (unpaired) electrons. The molecule has 2 aromatic rings. The van der Waals surface area contributed by atoms with E-state index in [0.29, 0.717) is 17.1 Å². The molecule has 0 spiro atoms. The lowest BCUT2D eigenvalue weighted by atomic mass is 10.1. The highest BCUT2D eigenvalue weighted by atomic mass is 32.1. The number of nitrogens with one attached hydrogen (secondary N) is 1. The van der Waals surface area contributed by atoms with Gasteiger partial charge in [0.1, 0.15) is 5.69 Å². The van der Waals surface area contributed by atoms with E-state index in [0.717, 1.165) is 16.9 Å². The first-order chi connectivity index (χ1) is 9.45. The van der Waals surface area contributed by atoms with Crippen molar-refractivity contribution in [3.63, 3.8) is 0 Å². The second kappa shape index (κ2) is 5.83.